The number of H-pyrrole nitrogens is 1. The van der Waals surface area contributed by atoms with Crippen LogP contribution in [0.2, 0.25) is 0 Å². The molecule has 132 valence electrons. The molecule has 0 aliphatic carbocycles. The Labute approximate surface area is 154 Å². The molecule has 0 aliphatic rings. The summed E-state index contributed by atoms with van der Waals surface area (Å²) in [6.45, 7) is 2.02. The zero-order chi connectivity index (χ0) is 18.4. The van der Waals surface area contributed by atoms with Gasteiger partial charge in [0.2, 0.25) is 5.91 Å². The van der Waals surface area contributed by atoms with Gasteiger partial charge in [-0.1, -0.05) is 29.5 Å². The van der Waals surface area contributed by atoms with Crippen LogP contribution >= 0.6 is 11.8 Å². The van der Waals surface area contributed by atoms with Crippen molar-refractivity contribution in [3.8, 4) is 11.5 Å². The summed E-state index contributed by atoms with van der Waals surface area (Å²) in [5.41, 5.74) is 1.59. The van der Waals surface area contributed by atoms with E-state index in [0.717, 1.165) is 17.5 Å². The molecule has 7 heteroatoms. The highest BCUT2D eigenvalue weighted by atomic mass is 32.2. The molecule has 2 N–H and O–H groups in total. The van der Waals surface area contributed by atoms with Gasteiger partial charge >= 0.3 is 0 Å². The fourth-order valence-electron chi connectivity index (χ4n) is 2.11. The normalized spacial score (nSPS) is 10.3. The average molecular weight is 367 g/mol. The third-order valence-electron chi connectivity index (χ3n) is 3.38. The second-order valence-electron chi connectivity index (χ2n) is 5.52. The largest absolute Gasteiger partial charge is 0.457 e. The van der Waals surface area contributed by atoms with Crippen LogP contribution in [0.1, 0.15) is 5.56 Å². The maximum atomic E-state index is 12.0. The van der Waals surface area contributed by atoms with E-state index >= 15 is 0 Å². The van der Waals surface area contributed by atoms with Gasteiger partial charge in [-0.3, -0.25) is 9.59 Å². The second kappa shape index (κ2) is 8.35. The first-order valence-corrected chi connectivity index (χ1v) is 8.89. The van der Waals surface area contributed by atoms with Crippen molar-refractivity contribution in [3.63, 3.8) is 0 Å². The first-order chi connectivity index (χ1) is 12.6. The molecule has 0 aliphatic heterocycles. The van der Waals surface area contributed by atoms with Gasteiger partial charge in [-0.05, 0) is 43.3 Å². The minimum absolute atomic E-state index is 0.147. The van der Waals surface area contributed by atoms with E-state index in [1.165, 1.54) is 17.8 Å². The summed E-state index contributed by atoms with van der Waals surface area (Å²) < 4.78 is 5.75. The topological polar surface area (TPSA) is 84.1 Å². The number of hydrogen-bond acceptors (Lipinski definition) is 5. The van der Waals surface area contributed by atoms with Crippen molar-refractivity contribution in [1.82, 2.24) is 9.97 Å². The van der Waals surface area contributed by atoms with Crippen molar-refractivity contribution in [2.45, 2.75) is 12.1 Å². The van der Waals surface area contributed by atoms with E-state index in [9.17, 15) is 9.59 Å². The zero-order valence-corrected chi connectivity index (χ0v) is 14.9. The van der Waals surface area contributed by atoms with E-state index in [1.807, 2.05) is 31.2 Å². The second-order valence-corrected chi connectivity index (χ2v) is 6.48. The SMILES string of the molecule is Cc1ccc(Oc2ccc(NC(=O)CSc3nccc(=O)[nH]3)cc2)cc1. The summed E-state index contributed by atoms with van der Waals surface area (Å²) >= 11 is 1.16. The van der Waals surface area contributed by atoms with Gasteiger partial charge in [0, 0.05) is 18.0 Å². The molecule has 0 fully saturated rings. The standard InChI is InChI=1S/C19H17N3O3S/c1-13-2-6-15(7-3-13)25-16-8-4-14(5-9-16)21-18(24)12-26-19-20-11-10-17(23)22-19/h2-11H,12H2,1H3,(H,21,24)(H,20,22,23). The highest BCUT2D eigenvalue weighted by molar-refractivity contribution is 7.99. The van der Waals surface area contributed by atoms with Crippen LogP contribution in [0.25, 0.3) is 0 Å². The van der Waals surface area contributed by atoms with Crippen LogP contribution in [-0.4, -0.2) is 21.6 Å². The Bertz CT molecular complexity index is 937. The Morgan fingerprint density at radius 1 is 1.08 bits per heavy atom. The molecule has 6 nitrogen and oxygen atoms in total. The first-order valence-electron chi connectivity index (χ1n) is 7.91. The lowest BCUT2D eigenvalue weighted by atomic mass is 10.2. The molecule has 3 aromatic rings. The number of amides is 1. The number of hydrogen-bond donors (Lipinski definition) is 2. The maximum Gasteiger partial charge on any atom is 0.251 e. The summed E-state index contributed by atoms with van der Waals surface area (Å²) in [6, 6.07) is 16.2. The van der Waals surface area contributed by atoms with Crippen molar-refractivity contribution in [2.75, 3.05) is 11.1 Å². The van der Waals surface area contributed by atoms with Crippen molar-refractivity contribution in [1.29, 1.82) is 0 Å². The van der Waals surface area contributed by atoms with Crippen molar-refractivity contribution < 1.29 is 9.53 Å². The highest BCUT2D eigenvalue weighted by Crippen LogP contribution is 2.23. The molecule has 2 aromatic carbocycles. The lowest BCUT2D eigenvalue weighted by Crippen LogP contribution is -2.15. The molecule has 0 bridgehead atoms. The number of carbonyl (C=O) groups excluding carboxylic acids is 1. The summed E-state index contributed by atoms with van der Waals surface area (Å²) in [4.78, 5) is 29.7. The number of nitrogens with zero attached hydrogens (tertiary/aromatic N) is 1. The Morgan fingerprint density at radius 2 is 1.73 bits per heavy atom. The number of aromatic nitrogens is 2. The molecular weight excluding hydrogens is 350 g/mol. The lowest BCUT2D eigenvalue weighted by Gasteiger charge is -2.08. The quantitative estimate of drug-likeness (QED) is 0.514. The fourth-order valence-corrected chi connectivity index (χ4v) is 2.75. The molecular formula is C19H17N3O3S. The van der Waals surface area contributed by atoms with Crippen LogP contribution in [0.15, 0.2) is 70.7 Å². The van der Waals surface area contributed by atoms with Gasteiger partial charge in [0.1, 0.15) is 11.5 Å². The Hall–Kier alpha value is -3.06. The van der Waals surface area contributed by atoms with Gasteiger partial charge in [0.25, 0.3) is 5.56 Å². The maximum absolute atomic E-state index is 12.0. The lowest BCUT2D eigenvalue weighted by molar-refractivity contribution is -0.113. The van der Waals surface area contributed by atoms with Gasteiger partial charge in [-0.15, -0.1) is 0 Å². The molecule has 1 aromatic heterocycles. The van der Waals surface area contributed by atoms with Gasteiger partial charge in [-0.25, -0.2) is 4.98 Å². The highest BCUT2D eigenvalue weighted by Gasteiger charge is 2.06. The monoisotopic (exact) mass is 367 g/mol. The number of benzene rings is 2. The van der Waals surface area contributed by atoms with Crippen molar-refractivity contribution in [3.05, 3.63) is 76.7 Å². The molecule has 0 saturated heterocycles. The molecule has 0 spiro atoms. The van der Waals surface area contributed by atoms with E-state index in [1.54, 1.807) is 24.3 Å². The van der Waals surface area contributed by atoms with E-state index in [-0.39, 0.29) is 17.2 Å². The third kappa shape index (κ3) is 5.22. The minimum atomic E-state index is -0.243. The molecule has 1 heterocycles. The molecule has 0 atom stereocenters. The predicted molar refractivity (Wildman–Crippen MR) is 102 cm³/mol. The third-order valence-corrected chi connectivity index (χ3v) is 4.27. The molecule has 0 saturated carbocycles. The Balaban J connectivity index is 1.52. The van der Waals surface area contributed by atoms with E-state index in [4.69, 9.17) is 4.74 Å². The van der Waals surface area contributed by atoms with E-state index in [2.05, 4.69) is 15.3 Å². The number of anilines is 1. The van der Waals surface area contributed by atoms with Crippen LogP contribution in [0, 0.1) is 6.92 Å². The first kappa shape index (κ1) is 17.8. The van der Waals surface area contributed by atoms with E-state index in [0.29, 0.717) is 16.6 Å². The smallest absolute Gasteiger partial charge is 0.251 e. The van der Waals surface area contributed by atoms with Crippen LogP contribution in [-0.2, 0) is 4.79 Å². The summed E-state index contributed by atoms with van der Waals surface area (Å²) in [5.74, 6) is 1.41. The summed E-state index contributed by atoms with van der Waals surface area (Å²) in [7, 11) is 0. The number of ether oxygens (including phenoxy) is 1. The number of carbonyl (C=O) groups is 1. The number of nitrogens with one attached hydrogen (secondary N) is 2. The van der Waals surface area contributed by atoms with Crippen LogP contribution in [0.4, 0.5) is 5.69 Å². The molecule has 0 unspecified atom stereocenters. The Kier molecular flexibility index (Phi) is 5.70. The molecule has 0 radical (unpaired) electrons. The zero-order valence-electron chi connectivity index (χ0n) is 14.1. The van der Waals surface area contributed by atoms with Gasteiger partial charge < -0.3 is 15.0 Å². The van der Waals surface area contributed by atoms with E-state index < -0.39 is 0 Å². The molecule has 3 rings (SSSR count). The predicted octanol–water partition coefficient (Wildman–Crippen LogP) is 3.60. The molecule has 26 heavy (non-hydrogen) atoms. The van der Waals surface area contributed by atoms with Crippen molar-refractivity contribution >= 4 is 23.4 Å². The number of thioether (sulfide) groups is 1. The van der Waals surface area contributed by atoms with Crippen LogP contribution in [0.5, 0.6) is 11.5 Å². The van der Waals surface area contributed by atoms with Gasteiger partial charge in [-0.2, -0.15) is 0 Å². The Morgan fingerprint density at radius 3 is 2.38 bits per heavy atom. The number of aromatic amines is 1. The summed E-state index contributed by atoms with van der Waals surface area (Å²) in [6.07, 6.45) is 1.41. The van der Waals surface area contributed by atoms with Crippen LogP contribution < -0.4 is 15.6 Å². The number of aryl methyl sites for hydroxylation is 1. The average Bonchev–Trinajstić information content (AvgIpc) is 2.64. The van der Waals surface area contributed by atoms with Gasteiger partial charge in [0.15, 0.2) is 5.16 Å². The fraction of sp³-hybridized carbons (Fsp3) is 0.105. The number of rotatable bonds is 6. The summed E-state index contributed by atoms with van der Waals surface area (Å²) in [5, 5.41) is 3.20. The minimum Gasteiger partial charge on any atom is -0.457 e. The molecule has 1 amide bonds. The van der Waals surface area contributed by atoms with Gasteiger partial charge in [0.05, 0.1) is 5.75 Å². The van der Waals surface area contributed by atoms with Crippen LogP contribution in [0.3, 0.4) is 0 Å². The van der Waals surface area contributed by atoms with Crippen molar-refractivity contribution in [2.24, 2.45) is 0 Å².